The smallest absolute Gasteiger partial charge is 0.393 e. The lowest BCUT2D eigenvalue weighted by molar-refractivity contribution is -0.127. The molecule has 1 heterocycles. The van der Waals surface area contributed by atoms with Crippen molar-refractivity contribution in [2.24, 2.45) is 0 Å². The number of anilines is 1. The van der Waals surface area contributed by atoms with Crippen LogP contribution in [0.25, 0.3) is 11.0 Å². The van der Waals surface area contributed by atoms with E-state index in [-0.39, 0.29) is 27.4 Å². The van der Waals surface area contributed by atoms with Gasteiger partial charge < -0.3 is 14.5 Å². The van der Waals surface area contributed by atoms with Crippen LogP contribution < -0.4 is 15.7 Å². The molecular formula is C19H13ClF3NO4. The standard InChI is InChI=1S/C19H13ClF3NO4/c1-27-15-4-2-3-11-8-12(18(26)28-16(11)15)17(25)24-14-7-10(5-6-13(14)20)9-19(21,22)23/h2-8H,9H2,1H3,(H,24,25). The molecule has 0 unspecified atom stereocenters. The molecule has 0 spiro atoms. The minimum Gasteiger partial charge on any atom is -0.493 e. The fourth-order valence-corrected chi connectivity index (χ4v) is 2.80. The van der Waals surface area contributed by atoms with Crippen LogP contribution in [0.5, 0.6) is 5.75 Å². The van der Waals surface area contributed by atoms with E-state index >= 15 is 0 Å². The molecule has 0 atom stereocenters. The quantitative estimate of drug-likeness (QED) is 0.625. The number of carbonyl (C=O) groups is 1. The van der Waals surface area contributed by atoms with Crippen molar-refractivity contribution >= 4 is 34.2 Å². The van der Waals surface area contributed by atoms with E-state index in [4.69, 9.17) is 20.8 Å². The van der Waals surface area contributed by atoms with E-state index in [1.165, 1.54) is 25.3 Å². The van der Waals surface area contributed by atoms with Crippen LogP contribution in [-0.2, 0) is 6.42 Å². The summed E-state index contributed by atoms with van der Waals surface area (Å²) in [6, 6.07) is 9.74. The molecule has 146 valence electrons. The Morgan fingerprint density at radius 3 is 2.64 bits per heavy atom. The average Bonchev–Trinajstić information content (AvgIpc) is 2.62. The molecule has 2 aromatic carbocycles. The molecule has 5 nitrogen and oxygen atoms in total. The molecule has 0 saturated heterocycles. The second-order valence-electron chi connectivity index (χ2n) is 5.89. The molecule has 3 rings (SSSR count). The Morgan fingerprint density at radius 1 is 1.21 bits per heavy atom. The zero-order chi connectivity index (χ0) is 20.5. The average molecular weight is 412 g/mol. The van der Waals surface area contributed by atoms with Crippen LogP contribution in [0.15, 0.2) is 51.7 Å². The zero-order valence-corrected chi connectivity index (χ0v) is 15.1. The highest BCUT2D eigenvalue weighted by atomic mass is 35.5. The van der Waals surface area contributed by atoms with Crippen LogP contribution >= 0.6 is 11.6 Å². The highest BCUT2D eigenvalue weighted by Crippen LogP contribution is 2.28. The maximum atomic E-state index is 12.6. The molecule has 28 heavy (non-hydrogen) atoms. The Kier molecular flexibility index (Phi) is 5.33. The third-order valence-corrected chi connectivity index (χ3v) is 4.20. The fraction of sp³-hybridized carbons (Fsp3) is 0.158. The summed E-state index contributed by atoms with van der Waals surface area (Å²) in [5.74, 6) is -0.533. The summed E-state index contributed by atoms with van der Waals surface area (Å²) in [4.78, 5) is 24.7. The molecule has 1 amide bonds. The Morgan fingerprint density at radius 2 is 1.96 bits per heavy atom. The zero-order valence-electron chi connectivity index (χ0n) is 14.4. The molecular weight excluding hydrogens is 399 g/mol. The predicted molar refractivity (Wildman–Crippen MR) is 98.2 cm³/mol. The first kappa shape index (κ1) is 19.8. The van der Waals surface area contributed by atoms with Gasteiger partial charge in [-0.15, -0.1) is 0 Å². The van der Waals surface area contributed by atoms with E-state index in [1.54, 1.807) is 18.2 Å². The monoisotopic (exact) mass is 411 g/mol. The number of fused-ring (bicyclic) bond motifs is 1. The van der Waals surface area contributed by atoms with E-state index < -0.39 is 24.1 Å². The molecule has 0 bridgehead atoms. The van der Waals surface area contributed by atoms with Gasteiger partial charge in [0, 0.05) is 5.39 Å². The Labute approximate surface area is 161 Å². The van der Waals surface area contributed by atoms with Gasteiger partial charge in [0.2, 0.25) is 0 Å². The molecule has 0 radical (unpaired) electrons. The number of hydrogen-bond donors (Lipinski definition) is 1. The van der Waals surface area contributed by atoms with Gasteiger partial charge in [-0.25, -0.2) is 4.79 Å². The Balaban J connectivity index is 1.94. The van der Waals surface area contributed by atoms with Crippen molar-refractivity contribution in [2.45, 2.75) is 12.6 Å². The van der Waals surface area contributed by atoms with Crippen molar-refractivity contribution in [3.05, 3.63) is 69.0 Å². The van der Waals surface area contributed by atoms with Crippen molar-refractivity contribution in [1.82, 2.24) is 0 Å². The summed E-state index contributed by atoms with van der Waals surface area (Å²) in [7, 11) is 1.41. The van der Waals surface area contributed by atoms with Crippen LogP contribution in [0.4, 0.5) is 18.9 Å². The SMILES string of the molecule is COc1cccc2cc(C(=O)Nc3cc(CC(F)(F)F)ccc3Cl)c(=O)oc12. The van der Waals surface area contributed by atoms with E-state index in [0.29, 0.717) is 11.1 Å². The number of benzene rings is 2. The molecule has 3 aromatic rings. The van der Waals surface area contributed by atoms with Crippen LogP contribution in [0.3, 0.4) is 0 Å². The third kappa shape index (κ3) is 4.28. The molecule has 0 aliphatic carbocycles. The van der Waals surface area contributed by atoms with E-state index in [2.05, 4.69) is 5.32 Å². The van der Waals surface area contributed by atoms with Gasteiger partial charge in [-0.2, -0.15) is 13.2 Å². The Bertz CT molecular complexity index is 1110. The maximum Gasteiger partial charge on any atom is 0.393 e. The minimum atomic E-state index is -4.41. The van der Waals surface area contributed by atoms with Gasteiger partial charge >= 0.3 is 11.8 Å². The molecule has 0 aliphatic rings. The molecule has 9 heteroatoms. The van der Waals surface area contributed by atoms with Gasteiger partial charge in [0.25, 0.3) is 5.91 Å². The number of carbonyl (C=O) groups excluding carboxylic acids is 1. The van der Waals surface area contributed by atoms with Crippen LogP contribution in [0, 0.1) is 0 Å². The van der Waals surface area contributed by atoms with Crippen molar-refractivity contribution in [2.75, 3.05) is 12.4 Å². The van der Waals surface area contributed by atoms with Gasteiger partial charge in [0.1, 0.15) is 5.56 Å². The lowest BCUT2D eigenvalue weighted by Crippen LogP contribution is -2.21. The van der Waals surface area contributed by atoms with Gasteiger partial charge in [-0.05, 0) is 29.8 Å². The van der Waals surface area contributed by atoms with Gasteiger partial charge in [-0.1, -0.05) is 29.8 Å². The second kappa shape index (κ2) is 7.55. The first-order chi connectivity index (χ1) is 13.2. The summed E-state index contributed by atoms with van der Waals surface area (Å²) in [6.07, 6.45) is -5.58. The predicted octanol–water partition coefficient (Wildman–Crippen LogP) is 4.81. The number of halogens is 4. The van der Waals surface area contributed by atoms with Crippen molar-refractivity contribution < 1.29 is 27.1 Å². The van der Waals surface area contributed by atoms with Crippen molar-refractivity contribution in [3.8, 4) is 5.75 Å². The molecule has 1 aromatic heterocycles. The molecule has 0 aliphatic heterocycles. The van der Waals surface area contributed by atoms with Crippen LogP contribution in [-0.4, -0.2) is 19.2 Å². The number of rotatable bonds is 4. The number of alkyl halides is 3. The number of hydrogen-bond acceptors (Lipinski definition) is 4. The summed E-state index contributed by atoms with van der Waals surface area (Å²) in [6.45, 7) is 0. The van der Waals surface area contributed by atoms with Crippen molar-refractivity contribution in [3.63, 3.8) is 0 Å². The number of ether oxygens (including phenoxy) is 1. The lowest BCUT2D eigenvalue weighted by atomic mass is 10.1. The fourth-order valence-electron chi connectivity index (χ4n) is 2.64. The van der Waals surface area contributed by atoms with E-state index in [9.17, 15) is 22.8 Å². The van der Waals surface area contributed by atoms with Gasteiger partial charge in [0.05, 0.1) is 24.2 Å². The topological polar surface area (TPSA) is 68.5 Å². The van der Waals surface area contributed by atoms with E-state index in [1.807, 2.05) is 0 Å². The van der Waals surface area contributed by atoms with Gasteiger partial charge in [0.15, 0.2) is 11.3 Å². The molecule has 1 N–H and O–H groups in total. The molecule has 0 fully saturated rings. The first-order valence-corrected chi connectivity index (χ1v) is 8.33. The Hall–Kier alpha value is -3.00. The molecule has 0 saturated carbocycles. The summed E-state index contributed by atoms with van der Waals surface area (Å²) >= 11 is 5.96. The second-order valence-corrected chi connectivity index (χ2v) is 6.29. The summed E-state index contributed by atoms with van der Waals surface area (Å²) in [5.41, 5.74) is -1.19. The van der Waals surface area contributed by atoms with Crippen LogP contribution in [0.2, 0.25) is 5.02 Å². The van der Waals surface area contributed by atoms with Crippen molar-refractivity contribution in [1.29, 1.82) is 0 Å². The van der Waals surface area contributed by atoms with Crippen LogP contribution in [0.1, 0.15) is 15.9 Å². The van der Waals surface area contributed by atoms with Gasteiger partial charge in [-0.3, -0.25) is 4.79 Å². The number of para-hydroxylation sites is 1. The van der Waals surface area contributed by atoms with E-state index in [0.717, 1.165) is 6.07 Å². The highest BCUT2D eigenvalue weighted by Gasteiger charge is 2.28. The summed E-state index contributed by atoms with van der Waals surface area (Å²) in [5, 5.41) is 2.84. The summed E-state index contributed by atoms with van der Waals surface area (Å²) < 4.78 is 48.0. The largest absolute Gasteiger partial charge is 0.493 e. The minimum absolute atomic E-state index is 0.0334. The highest BCUT2D eigenvalue weighted by molar-refractivity contribution is 6.34. The normalized spacial score (nSPS) is 11.5. The maximum absolute atomic E-state index is 12.6. The number of methoxy groups -OCH3 is 1. The third-order valence-electron chi connectivity index (χ3n) is 3.87. The first-order valence-electron chi connectivity index (χ1n) is 7.95. The number of nitrogens with one attached hydrogen (secondary N) is 1. The number of amides is 1. The lowest BCUT2D eigenvalue weighted by Gasteiger charge is -2.11.